The summed E-state index contributed by atoms with van der Waals surface area (Å²) in [6.07, 6.45) is 0.523. The first-order chi connectivity index (χ1) is 6.63. The minimum absolute atomic E-state index is 0.0501. The molecular weight excluding hydrogens is 184 g/mol. The quantitative estimate of drug-likeness (QED) is 0.614. The zero-order valence-electron chi connectivity index (χ0n) is 8.24. The normalized spacial score (nSPS) is 12.5. The number of aliphatic hydroxyl groups excluding tert-OH is 1. The van der Waals surface area contributed by atoms with E-state index in [-0.39, 0.29) is 24.4 Å². The van der Waals surface area contributed by atoms with E-state index in [4.69, 9.17) is 5.11 Å². The van der Waals surface area contributed by atoms with E-state index >= 15 is 0 Å². The van der Waals surface area contributed by atoms with Gasteiger partial charge < -0.3 is 10.4 Å². The van der Waals surface area contributed by atoms with Gasteiger partial charge in [-0.2, -0.15) is 0 Å². The molecule has 1 aromatic heterocycles. The third kappa shape index (κ3) is 2.81. The van der Waals surface area contributed by atoms with Crippen LogP contribution in [-0.2, 0) is 0 Å². The molecule has 6 nitrogen and oxygen atoms in total. The predicted octanol–water partition coefficient (Wildman–Crippen LogP) is -0.386. The van der Waals surface area contributed by atoms with Crippen LogP contribution in [0.25, 0.3) is 0 Å². The van der Waals surface area contributed by atoms with Gasteiger partial charge in [-0.1, -0.05) is 0 Å². The number of aryl methyl sites for hydroxylation is 1. The minimum Gasteiger partial charge on any atom is -0.396 e. The Labute approximate surface area is 81.7 Å². The molecule has 1 amide bonds. The summed E-state index contributed by atoms with van der Waals surface area (Å²) >= 11 is 0. The lowest BCUT2D eigenvalue weighted by atomic mass is 10.2. The topological polar surface area (TPSA) is 90.9 Å². The van der Waals surface area contributed by atoms with E-state index in [1.165, 1.54) is 0 Å². The molecule has 1 aromatic rings. The number of aromatic nitrogens is 3. The number of hydrogen-bond donors (Lipinski definition) is 3. The SMILES string of the molecule is Cc1nc(C(=O)NC(C)CCO)n[nH]1. The molecule has 0 aliphatic carbocycles. The fourth-order valence-corrected chi connectivity index (χ4v) is 0.998. The molecule has 78 valence electrons. The average Bonchev–Trinajstić information content (AvgIpc) is 2.52. The van der Waals surface area contributed by atoms with E-state index in [0.717, 1.165) is 0 Å². The molecule has 0 spiro atoms. The molecule has 0 aliphatic heterocycles. The highest BCUT2D eigenvalue weighted by Crippen LogP contribution is 1.94. The van der Waals surface area contributed by atoms with Crippen molar-refractivity contribution in [3.8, 4) is 0 Å². The molecule has 1 unspecified atom stereocenters. The summed E-state index contributed by atoms with van der Waals surface area (Å²) in [4.78, 5) is 15.3. The first-order valence-electron chi connectivity index (χ1n) is 4.44. The summed E-state index contributed by atoms with van der Waals surface area (Å²) in [5, 5.41) is 17.6. The summed E-state index contributed by atoms with van der Waals surface area (Å²) in [5.74, 6) is 0.410. The predicted molar refractivity (Wildman–Crippen MR) is 49.8 cm³/mol. The minimum atomic E-state index is -0.324. The van der Waals surface area contributed by atoms with Gasteiger partial charge in [0.2, 0.25) is 5.82 Å². The number of amides is 1. The number of nitrogens with zero attached hydrogens (tertiary/aromatic N) is 2. The number of hydrogen-bond acceptors (Lipinski definition) is 4. The van der Waals surface area contributed by atoms with Crippen molar-refractivity contribution in [2.75, 3.05) is 6.61 Å². The number of nitrogens with one attached hydrogen (secondary N) is 2. The molecule has 0 saturated carbocycles. The molecule has 3 N–H and O–H groups in total. The van der Waals surface area contributed by atoms with Crippen molar-refractivity contribution in [1.29, 1.82) is 0 Å². The molecular formula is C8H14N4O2. The van der Waals surface area contributed by atoms with Gasteiger partial charge in [-0.3, -0.25) is 9.89 Å². The summed E-state index contributed by atoms with van der Waals surface area (Å²) in [7, 11) is 0. The zero-order chi connectivity index (χ0) is 10.6. The van der Waals surface area contributed by atoms with Crippen LogP contribution in [0.15, 0.2) is 0 Å². The van der Waals surface area contributed by atoms with E-state index in [9.17, 15) is 4.79 Å². The Kier molecular flexibility index (Phi) is 3.58. The second-order valence-corrected chi connectivity index (χ2v) is 3.13. The zero-order valence-corrected chi connectivity index (χ0v) is 8.24. The molecule has 1 rings (SSSR count). The first kappa shape index (κ1) is 10.6. The van der Waals surface area contributed by atoms with Gasteiger partial charge in [0, 0.05) is 12.6 Å². The van der Waals surface area contributed by atoms with E-state index < -0.39 is 0 Å². The maximum atomic E-state index is 11.4. The van der Waals surface area contributed by atoms with Crippen molar-refractivity contribution in [1.82, 2.24) is 20.5 Å². The lowest BCUT2D eigenvalue weighted by Crippen LogP contribution is -2.33. The molecule has 0 fully saturated rings. The van der Waals surface area contributed by atoms with Gasteiger partial charge in [0.05, 0.1) is 0 Å². The lowest BCUT2D eigenvalue weighted by Gasteiger charge is -2.09. The van der Waals surface area contributed by atoms with Crippen molar-refractivity contribution in [2.24, 2.45) is 0 Å². The Morgan fingerprint density at radius 3 is 2.93 bits per heavy atom. The second kappa shape index (κ2) is 4.71. The second-order valence-electron chi connectivity index (χ2n) is 3.13. The molecule has 0 bridgehead atoms. The molecule has 1 heterocycles. The Balaban J connectivity index is 2.50. The number of carbonyl (C=O) groups excluding carboxylic acids is 1. The standard InChI is InChI=1S/C8H14N4O2/c1-5(3-4-13)9-8(14)7-10-6(2)11-12-7/h5,13H,3-4H2,1-2H3,(H,9,14)(H,10,11,12). The third-order valence-corrected chi connectivity index (χ3v) is 1.74. The maximum Gasteiger partial charge on any atom is 0.291 e. The number of rotatable bonds is 4. The van der Waals surface area contributed by atoms with Crippen LogP contribution in [-0.4, -0.2) is 38.8 Å². The Morgan fingerprint density at radius 2 is 2.43 bits per heavy atom. The molecule has 6 heteroatoms. The van der Waals surface area contributed by atoms with Crippen LogP contribution in [0.5, 0.6) is 0 Å². The van der Waals surface area contributed by atoms with E-state index in [0.29, 0.717) is 12.2 Å². The summed E-state index contributed by atoms with van der Waals surface area (Å²) in [6, 6.07) is -0.0775. The van der Waals surface area contributed by atoms with Gasteiger partial charge >= 0.3 is 0 Å². The average molecular weight is 198 g/mol. The highest BCUT2D eigenvalue weighted by Gasteiger charge is 2.13. The summed E-state index contributed by atoms with van der Waals surface area (Å²) < 4.78 is 0. The van der Waals surface area contributed by atoms with Crippen LogP contribution in [0.2, 0.25) is 0 Å². The third-order valence-electron chi connectivity index (χ3n) is 1.74. The largest absolute Gasteiger partial charge is 0.396 e. The lowest BCUT2D eigenvalue weighted by molar-refractivity contribution is 0.0924. The van der Waals surface area contributed by atoms with Crippen molar-refractivity contribution < 1.29 is 9.90 Å². The van der Waals surface area contributed by atoms with Crippen molar-refractivity contribution >= 4 is 5.91 Å². The van der Waals surface area contributed by atoms with Crippen LogP contribution in [0, 0.1) is 6.92 Å². The van der Waals surface area contributed by atoms with E-state index in [1.807, 2.05) is 6.92 Å². The van der Waals surface area contributed by atoms with Gasteiger partial charge in [-0.25, -0.2) is 4.98 Å². The smallest absolute Gasteiger partial charge is 0.291 e. The Hall–Kier alpha value is -1.43. The fourth-order valence-electron chi connectivity index (χ4n) is 0.998. The van der Waals surface area contributed by atoms with Crippen LogP contribution >= 0.6 is 0 Å². The molecule has 14 heavy (non-hydrogen) atoms. The number of H-pyrrole nitrogens is 1. The maximum absolute atomic E-state index is 11.4. The van der Waals surface area contributed by atoms with Gasteiger partial charge in [0.15, 0.2) is 0 Å². The van der Waals surface area contributed by atoms with Crippen molar-refractivity contribution in [3.63, 3.8) is 0 Å². The fraction of sp³-hybridized carbons (Fsp3) is 0.625. The van der Waals surface area contributed by atoms with Gasteiger partial charge in [0.25, 0.3) is 5.91 Å². The molecule has 0 aliphatic rings. The summed E-state index contributed by atoms with van der Waals surface area (Å²) in [5.41, 5.74) is 0. The monoisotopic (exact) mass is 198 g/mol. The van der Waals surface area contributed by atoms with Crippen LogP contribution in [0.1, 0.15) is 29.8 Å². The number of carbonyl (C=O) groups is 1. The number of aromatic amines is 1. The van der Waals surface area contributed by atoms with Crippen LogP contribution < -0.4 is 5.32 Å². The van der Waals surface area contributed by atoms with Crippen LogP contribution in [0.4, 0.5) is 0 Å². The molecule has 0 aromatic carbocycles. The van der Waals surface area contributed by atoms with Crippen molar-refractivity contribution in [3.05, 3.63) is 11.6 Å². The molecule has 0 radical (unpaired) electrons. The molecule has 1 atom stereocenters. The number of aliphatic hydroxyl groups is 1. The Morgan fingerprint density at radius 1 is 1.71 bits per heavy atom. The highest BCUT2D eigenvalue weighted by atomic mass is 16.3. The highest BCUT2D eigenvalue weighted by molar-refractivity contribution is 5.90. The van der Waals surface area contributed by atoms with Gasteiger partial charge in [-0.15, -0.1) is 5.10 Å². The van der Waals surface area contributed by atoms with Crippen molar-refractivity contribution in [2.45, 2.75) is 26.3 Å². The van der Waals surface area contributed by atoms with E-state index in [2.05, 4.69) is 20.5 Å². The van der Waals surface area contributed by atoms with Gasteiger partial charge in [-0.05, 0) is 20.3 Å². The summed E-state index contributed by atoms with van der Waals surface area (Å²) in [6.45, 7) is 3.59. The van der Waals surface area contributed by atoms with E-state index in [1.54, 1.807) is 6.92 Å². The van der Waals surface area contributed by atoms with Gasteiger partial charge in [0.1, 0.15) is 5.82 Å². The Bertz CT molecular complexity index is 310. The van der Waals surface area contributed by atoms with Crippen LogP contribution in [0.3, 0.4) is 0 Å². The first-order valence-corrected chi connectivity index (χ1v) is 4.44. The molecule has 0 saturated heterocycles.